The van der Waals surface area contributed by atoms with Crippen LogP contribution >= 0.6 is 0 Å². The lowest BCUT2D eigenvalue weighted by atomic mass is 10.0. The molecule has 5 nitrogen and oxygen atoms in total. The van der Waals surface area contributed by atoms with E-state index in [1.165, 1.54) is 66.6 Å². The average Bonchev–Trinajstić information content (AvgIpc) is 3.60. The van der Waals surface area contributed by atoms with Gasteiger partial charge in [-0.1, -0.05) is 41.5 Å². The Kier molecular flexibility index (Phi) is 7.13. The zero-order chi connectivity index (χ0) is 27.1. The third-order valence-electron chi connectivity index (χ3n) is 8.57. The molecule has 4 aromatic rings. The Hall–Kier alpha value is -3.47. The van der Waals surface area contributed by atoms with Gasteiger partial charge in [-0.05, 0) is 115 Å². The van der Waals surface area contributed by atoms with Crippen LogP contribution in [0.5, 0.6) is 0 Å². The number of nitrogens with zero attached hydrogens (tertiary/aromatic N) is 1. The van der Waals surface area contributed by atoms with Gasteiger partial charge < -0.3 is 19.9 Å². The number of fused-ring (bicyclic) bond motifs is 8. The van der Waals surface area contributed by atoms with Gasteiger partial charge in [-0.2, -0.15) is 0 Å². The summed E-state index contributed by atoms with van der Waals surface area (Å²) in [5, 5.41) is 3.52. The van der Waals surface area contributed by atoms with Crippen LogP contribution in [0.2, 0.25) is 0 Å². The molecule has 0 unspecified atom stereocenters. The number of nitrogens with one attached hydrogen (secondary N) is 4. The highest BCUT2D eigenvalue weighted by Gasteiger charge is 2.17. The molecule has 0 atom stereocenters. The number of H-pyrrole nitrogens is 4. The summed E-state index contributed by atoms with van der Waals surface area (Å²) >= 11 is 0. The molecule has 0 fully saturated rings. The van der Waals surface area contributed by atoms with E-state index in [0.29, 0.717) is 0 Å². The minimum Gasteiger partial charge on any atom is -0.355 e. The van der Waals surface area contributed by atoms with E-state index < -0.39 is 0 Å². The average molecular weight is 510 g/mol. The molecule has 1 aliphatic rings. The molecular formula is C33H43N5. The third-order valence-corrected chi connectivity index (χ3v) is 8.57. The minimum absolute atomic E-state index is 0.945. The molecule has 0 spiro atoms. The highest BCUT2D eigenvalue weighted by molar-refractivity contribution is 5.64. The van der Waals surface area contributed by atoms with E-state index >= 15 is 0 Å². The van der Waals surface area contributed by atoms with Gasteiger partial charge in [0, 0.05) is 33.1 Å². The van der Waals surface area contributed by atoms with Crippen LogP contribution in [0, 0.1) is 13.8 Å². The molecule has 0 amide bonds. The van der Waals surface area contributed by atoms with Crippen LogP contribution < -0.4 is 21.5 Å². The molecule has 4 aromatic heterocycles. The molecule has 38 heavy (non-hydrogen) atoms. The van der Waals surface area contributed by atoms with Gasteiger partial charge >= 0.3 is 0 Å². The first-order chi connectivity index (χ1) is 18.4. The van der Waals surface area contributed by atoms with Crippen molar-refractivity contribution in [2.45, 2.75) is 93.9 Å². The number of rotatable bonds is 6. The smallest absolute Gasteiger partial charge is 0.136 e. The lowest BCUT2D eigenvalue weighted by molar-refractivity contribution is 1.01. The molecule has 8 bridgehead atoms. The first-order valence-electron chi connectivity index (χ1n) is 14.5. The zero-order valence-electron chi connectivity index (χ0n) is 24.4. The fourth-order valence-electron chi connectivity index (χ4n) is 6.52. The predicted molar refractivity (Wildman–Crippen MR) is 159 cm³/mol. The van der Waals surface area contributed by atoms with E-state index in [-0.39, 0.29) is 0 Å². The summed E-state index contributed by atoms with van der Waals surface area (Å²) in [6, 6.07) is 0. The number of hydrogen-bond acceptors (Lipinski definition) is 1. The summed E-state index contributed by atoms with van der Waals surface area (Å²) < 4.78 is 0. The second-order valence-corrected chi connectivity index (χ2v) is 10.5. The van der Waals surface area contributed by atoms with Crippen molar-refractivity contribution >= 4 is 24.0 Å². The van der Waals surface area contributed by atoms with Crippen LogP contribution in [0.4, 0.5) is 5.82 Å². The van der Waals surface area contributed by atoms with E-state index in [9.17, 15) is 0 Å². The van der Waals surface area contributed by atoms with Gasteiger partial charge in [0.2, 0.25) is 0 Å². The van der Waals surface area contributed by atoms with Crippen LogP contribution in [-0.2, 0) is 38.5 Å². The Labute approximate surface area is 225 Å². The van der Waals surface area contributed by atoms with Crippen molar-refractivity contribution in [2.75, 3.05) is 0 Å². The fraction of sp³-hybridized carbons (Fsp3) is 0.424. The second-order valence-electron chi connectivity index (χ2n) is 10.5. The second kappa shape index (κ2) is 10.4. The molecule has 0 radical (unpaired) electrons. The van der Waals surface area contributed by atoms with Crippen molar-refractivity contribution in [3.63, 3.8) is 0 Å². The lowest BCUT2D eigenvalue weighted by Gasteiger charge is -2.00. The number of aromatic amines is 4. The van der Waals surface area contributed by atoms with Crippen LogP contribution in [-0.4, -0.2) is 19.9 Å². The Balaban J connectivity index is 1.98. The van der Waals surface area contributed by atoms with Crippen LogP contribution in [0.3, 0.4) is 0 Å². The maximum Gasteiger partial charge on any atom is 0.136 e. The quantitative estimate of drug-likeness (QED) is 0.255. The normalized spacial score (nSPS) is 12.6. The topological polar surface area (TPSA) is 75.5 Å². The number of hydrogen-bond donors (Lipinski definition) is 4. The summed E-state index contributed by atoms with van der Waals surface area (Å²) in [6.45, 7) is 17.9. The largest absolute Gasteiger partial charge is 0.355 e. The van der Waals surface area contributed by atoms with Gasteiger partial charge in [0.05, 0.1) is 0 Å². The van der Waals surface area contributed by atoms with Crippen LogP contribution in [0.1, 0.15) is 103 Å². The Morgan fingerprint density at radius 1 is 0.474 bits per heavy atom. The molecule has 5 heterocycles. The molecule has 0 aliphatic carbocycles. The monoisotopic (exact) mass is 509 g/mol. The van der Waals surface area contributed by atoms with Crippen molar-refractivity contribution in [1.29, 1.82) is 0 Å². The Morgan fingerprint density at radius 3 is 1.66 bits per heavy atom. The zero-order valence-corrected chi connectivity index (χ0v) is 24.4. The third kappa shape index (κ3) is 4.13. The van der Waals surface area contributed by atoms with Crippen molar-refractivity contribution < 1.29 is 0 Å². The van der Waals surface area contributed by atoms with Gasteiger partial charge in [0.15, 0.2) is 0 Å². The van der Waals surface area contributed by atoms with E-state index in [1.807, 2.05) is 0 Å². The van der Waals surface area contributed by atoms with Gasteiger partial charge in [-0.25, -0.2) is 4.99 Å². The van der Waals surface area contributed by atoms with E-state index in [1.54, 1.807) is 0 Å². The van der Waals surface area contributed by atoms with Crippen LogP contribution in [0.15, 0.2) is 4.99 Å². The molecule has 4 N–H and O–H groups in total. The van der Waals surface area contributed by atoms with E-state index in [4.69, 9.17) is 4.99 Å². The highest BCUT2D eigenvalue weighted by Crippen LogP contribution is 2.28. The Morgan fingerprint density at radius 2 is 1.03 bits per heavy atom. The summed E-state index contributed by atoms with van der Waals surface area (Å²) in [5.41, 5.74) is 15.2. The van der Waals surface area contributed by atoms with Crippen molar-refractivity contribution in [1.82, 2.24) is 19.9 Å². The molecular weight excluding hydrogens is 466 g/mol. The van der Waals surface area contributed by atoms with Gasteiger partial charge in [-0.15, -0.1) is 0 Å². The van der Waals surface area contributed by atoms with Gasteiger partial charge in [0.1, 0.15) is 11.3 Å². The Bertz CT molecular complexity index is 1750. The molecule has 0 saturated heterocycles. The highest BCUT2D eigenvalue weighted by atomic mass is 15.0. The maximum atomic E-state index is 5.26. The van der Waals surface area contributed by atoms with Crippen molar-refractivity contribution in [3.05, 3.63) is 83.1 Å². The summed E-state index contributed by atoms with van der Waals surface area (Å²) in [4.78, 5) is 20.3. The van der Waals surface area contributed by atoms with E-state index in [2.05, 4.69) is 93.6 Å². The van der Waals surface area contributed by atoms with Gasteiger partial charge in [0.25, 0.3) is 0 Å². The maximum absolute atomic E-state index is 5.26. The summed E-state index contributed by atoms with van der Waals surface area (Å²) in [7, 11) is 0. The minimum atomic E-state index is 0.945. The first-order valence-corrected chi connectivity index (χ1v) is 14.5. The molecule has 5 rings (SSSR count). The van der Waals surface area contributed by atoms with E-state index in [0.717, 1.165) is 60.9 Å². The SMILES string of the molecule is CCc1c2[nH]c(c1C)C=c1[nH]c(c(CC)c1CC)=Nc1[nH]c(c(CC)c1CC)C=c1[nH]c(c(CC)c1C)=C2. The molecule has 200 valence electrons. The lowest BCUT2D eigenvalue weighted by Crippen LogP contribution is -2.13. The van der Waals surface area contributed by atoms with Gasteiger partial charge in [-0.3, -0.25) is 0 Å². The standard InChI is InChI=1S/C33H43N5/c1-9-20-18(7)26-15-30-22(11-3)24(13-5)32(36-30)38-33-25(14-6)23(12-4)31(37-33)16-27-19(8)21(10-2)29(35-27)17-28(20)34-26/h15-17,34-35H,9-14H2,1-8H3,(H2,36,37,38). The summed E-state index contributed by atoms with van der Waals surface area (Å²) in [5.74, 6) is 0.978. The first kappa shape index (κ1) is 26.1. The molecule has 5 heteroatoms. The van der Waals surface area contributed by atoms with Crippen molar-refractivity contribution in [3.8, 4) is 0 Å². The van der Waals surface area contributed by atoms with Crippen LogP contribution in [0.25, 0.3) is 18.2 Å². The molecule has 0 saturated carbocycles. The van der Waals surface area contributed by atoms with Crippen molar-refractivity contribution in [2.24, 2.45) is 4.99 Å². The molecule has 0 aromatic carbocycles. The number of aromatic nitrogens is 4. The fourth-order valence-corrected chi connectivity index (χ4v) is 6.52. The molecule has 1 aliphatic heterocycles. The predicted octanol–water partition coefficient (Wildman–Crippen LogP) is 4.74. The summed E-state index contributed by atoms with van der Waals surface area (Å²) in [6.07, 6.45) is 12.7.